The van der Waals surface area contributed by atoms with E-state index in [0.717, 1.165) is 29.5 Å². The van der Waals surface area contributed by atoms with Crippen molar-refractivity contribution in [1.82, 2.24) is 5.16 Å². The van der Waals surface area contributed by atoms with Gasteiger partial charge in [0.1, 0.15) is 11.3 Å². The van der Waals surface area contributed by atoms with Gasteiger partial charge in [-0.15, -0.1) is 0 Å². The molecule has 15 heavy (non-hydrogen) atoms. The van der Waals surface area contributed by atoms with Crippen LogP contribution in [-0.2, 0) is 0 Å². The Morgan fingerprint density at radius 1 is 1.47 bits per heavy atom. The smallest absolute Gasteiger partial charge is 0.335 e. The molecule has 1 heterocycles. The van der Waals surface area contributed by atoms with E-state index < -0.39 is 5.97 Å². The van der Waals surface area contributed by atoms with Crippen LogP contribution in [0.5, 0.6) is 0 Å². The maximum atomic E-state index is 10.8. The molecule has 0 atom stereocenters. The molecule has 0 unspecified atom stereocenters. The lowest BCUT2D eigenvalue weighted by Gasteiger charge is -1.94. The first-order valence-electron chi connectivity index (χ1n) is 4.88. The van der Waals surface area contributed by atoms with E-state index in [1.165, 1.54) is 0 Å². The van der Waals surface area contributed by atoms with Gasteiger partial charge >= 0.3 is 5.97 Å². The number of rotatable bonds is 2. The van der Waals surface area contributed by atoms with Crippen molar-refractivity contribution in [3.8, 4) is 0 Å². The topological polar surface area (TPSA) is 63.3 Å². The minimum Gasteiger partial charge on any atom is -0.478 e. The quantitative estimate of drug-likeness (QED) is 0.813. The van der Waals surface area contributed by atoms with E-state index in [2.05, 4.69) is 5.16 Å². The summed E-state index contributed by atoms with van der Waals surface area (Å²) in [7, 11) is 0. The minimum atomic E-state index is -0.917. The molecule has 0 spiro atoms. The maximum absolute atomic E-state index is 10.8. The Kier molecular flexibility index (Phi) is 1.59. The predicted molar refractivity (Wildman–Crippen MR) is 52.9 cm³/mol. The summed E-state index contributed by atoms with van der Waals surface area (Å²) in [4.78, 5) is 10.8. The number of hydrogen-bond donors (Lipinski definition) is 1. The van der Waals surface area contributed by atoms with Crippen molar-refractivity contribution >= 4 is 16.9 Å². The van der Waals surface area contributed by atoms with Crippen LogP contribution in [0, 0.1) is 0 Å². The van der Waals surface area contributed by atoms with E-state index in [4.69, 9.17) is 9.63 Å². The summed E-state index contributed by atoms with van der Waals surface area (Å²) in [5, 5.41) is 13.6. The third-order valence-electron chi connectivity index (χ3n) is 2.70. The number of hydrogen-bond acceptors (Lipinski definition) is 3. The molecule has 0 radical (unpaired) electrons. The van der Waals surface area contributed by atoms with E-state index in [1.54, 1.807) is 18.2 Å². The number of carbonyl (C=O) groups is 1. The van der Waals surface area contributed by atoms with Crippen molar-refractivity contribution in [2.75, 3.05) is 0 Å². The van der Waals surface area contributed by atoms with Gasteiger partial charge in [-0.3, -0.25) is 0 Å². The van der Waals surface area contributed by atoms with Crippen LogP contribution < -0.4 is 0 Å². The van der Waals surface area contributed by atoms with Crippen LogP contribution in [0.3, 0.4) is 0 Å². The maximum Gasteiger partial charge on any atom is 0.335 e. The lowest BCUT2D eigenvalue weighted by atomic mass is 10.1. The summed E-state index contributed by atoms with van der Waals surface area (Å²) in [5.74, 6) is 0.368. The Labute approximate surface area is 85.5 Å². The summed E-state index contributed by atoms with van der Waals surface area (Å²) in [6.45, 7) is 0. The highest BCUT2D eigenvalue weighted by Crippen LogP contribution is 2.43. The SMILES string of the molecule is O=C(O)c1ccc2noc(C3CC3)c2c1. The first kappa shape index (κ1) is 8.47. The monoisotopic (exact) mass is 203 g/mol. The number of aromatic carboxylic acids is 1. The van der Waals surface area contributed by atoms with Crippen LogP contribution in [-0.4, -0.2) is 16.2 Å². The van der Waals surface area contributed by atoms with Gasteiger partial charge in [0.2, 0.25) is 0 Å². The van der Waals surface area contributed by atoms with Gasteiger partial charge in [-0.05, 0) is 31.0 Å². The zero-order chi connectivity index (χ0) is 10.4. The lowest BCUT2D eigenvalue weighted by Crippen LogP contribution is -1.95. The van der Waals surface area contributed by atoms with Crippen LogP contribution in [0.2, 0.25) is 0 Å². The molecule has 4 heteroatoms. The second-order valence-electron chi connectivity index (χ2n) is 3.86. The first-order chi connectivity index (χ1) is 7.25. The second kappa shape index (κ2) is 2.82. The number of carboxylic acids is 1. The first-order valence-corrected chi connectivity index (χ1v) is 4.88. The average Bonchev–Trinajstić information content (AvgIpc) is 2.98. The fourth-order valence-electron chi connectivity index (χ4n) is 1.73. The molecule has 1 aliphatic rings. The number of benzene rings is 1. The van der Waals surface area contributed by atoms with Gasteiger partial charge in [0, 0.05) is 11.3 Å². The molecule has 4 nitrogen and oxygen atoms in total. The van der Waals surface area contributed by atoms with E-state index in [1.807, 2.05) is 0 Å². The van der Waals surface area contributed by atoms with Gasteiger partial charge in [-0.1, -0.05) is 5.16 Å². The zero-order valence-electron chi connectivity index (χ0n) is 7.93. The molecule has 0 bridgehead atoms. The fourth-order valence-corrected chi connectivity index (χ4v) is 1.73. The highest BCUT2D eigenvalue weighted by atomic mass is 16.5. The molecule has 1 N–H and O–H groups in total. The third-order valence-corrected chi connectivity index (χ3v) is 2.70. The van der Waals surface area contributed by atoms with E-state index in [9.17, 15) is 4.79 Å². The normalized spacial score (nSPS) is 15.7. The molecule has 1 aliphatic carbocycles. The highest BCUT2D eigenvalue weighted by molar-refractivity contribution is 5.94. The molecule has 1 aromatic carbocycles. The van der Waals surface area contributed by atoms with E-state index in [-0.39, 0.29) is 5.56 Å². The largest absolute Gasteiger partial charge is 0.478 e. The molecule has 0 aliphatic heterocycles. The van der Waals surface area contributed by atoms with Crippen molar-refractivity contribution in [3.05, 3.63) is 29.5 Å². The van der Waals surface area contributed by atoms with Crippen molar-refractivity contribution in [3.63, 3.8) is 0 Å². The summed E-state index contributed by atoms with van der Waals surface area (Å²) in [6, 6.07) is 4.87. The van der Waals surface area contributed by atoms with Crippen LogP contribution >= 0.6 is 0 Å². The number of nitrogens with zero attached hydrogens (tertiary/aromatic N) is 1. The van der Waals surface area contributed by atoms with Crippen LogP contribution in [0.4, 0.5) is 0 Å². The van der Waals surface area contributed by atoms with Crippen molar-refractivity contribution in [2.45, 2.75) is 18.8 Å². The van der Waals surface area contributed by atoms with Gasteiger partial charge in [-0.2, -0.15) is 0 Å². The molecule has 2 aromatic rings. The molecule has 76 valence electrons. The van der Waals surface area contributed by atoms with Gasteiger partial charge < -0.3 is 9.63 Å². The Morgan fingerprint density at radius 3 is 2.93 bits per heavy atom. The second-order valence-corrected chi connectivity index (χ2v) is 3.86. The van der Waals surface area contributed by atoms with Crippen LogP contribution in [0.25, 0.3) is 10.9 Å². The third kappa shape index (κ3) is 1.29. The Balaban J connectivity index is 2.21. The van der Waals surface area contributed by atoms with Gasteiger partial charge in [0.05, 0.1) is 5.56 Å². The summed E-state index contributed by atoms with van der Waals surface area (Å²) >= 11 is 0. The summed E-state index contributed by atoms with van der Waals surface area (Å²) in [6.07, 6.45) is 2.23. The van der Waals surface area contributed by atoms with E-state index >= 15 is 0 Å². The zero-order valence-corrected chi connectivity index (χ0v) is 7.93. The molecule has 0 amide bonds. The molecular weight excluding hydrogens is 194 g/mol. The van der Waals surface area contributed by atoms with Crippen molar-refractivity contribution in [1.29, 1.82) is 0 Å². The van der Waals surface area contributed by atoms with Gasteiger partial charge in [0.25, 0.3) is 0 Å². The number of fused-ring (bicyclic) bond motifs is 1. The standard InChI is InChI=1S/C11H9NO3/c13-11(14)7-3-4-9-8(5-7)10(15-12-9)6-1-2-6/h3-6H,1-2H2,(H,13,14). The van der Waals surface area contributed by atoms with Crippen molar-refractivity contribution in [2.24, 2.45) is 0 Å². The number of carboxylic acid groups (broad SMARTS) is 1. The van der Waals surface area contributed by atoms with E-state index in [0.29, 0.717) is 5.92 Å². The predicted octanol–water partition coefficient (Wildman–Crippen LogP) is 2.40. The van der Waals surface area contributed by atoms with Crippen LogP contribution in [0.15, 0.2) is 22.7 Å². The Bertz CT molecular complexity index is 540. The highest BCUT2D eigenvalue weighted by Gasteiger charge is 2.29. The van der Waals surface area contributed by atoms with Crippen LogP contribution in [0.1, 0.15) is 34.9 Å². The molecular formula is C11H9NO3. The summed E-state index contributed by atoms with van der Waals surface area (Å²) in [5.41, 5.74) is 1.02. The molecule has 1 aromatic heterocycles. The van der Waals surface area contributed by atoms with Crippen molar-refractivity contribution < 1.29 is 14.4 Å². The van der Waals surface area contributed by atoms with Gasteiger partial charge in [-0.25, -0.2) is 4.79 Å². The molecule has 3 rings (SSSR count). The molecule has 1 saturated carbocycles. The lowest BCUT2D eigenvalue weighted by molar-refractivity contribution is 0.0697. The summed E-state index contributed by atoms with van der Waals surface area (Å²) < 4.78 is 5.23. The minimum absolute atomic E-state index is 0.285. The van der Waals surface area contributed by atoms with Gasteiger partial charge in [0.15, 0.2) is 0 Å². The fraction of sp³-hybridized carbons (Fsp3) is 0.273. The Morgan fingerprint density at radius 2 is 2.27 bits per heavy atom. The molecule has 1 fully saturated rings. The number of aromatic nitrogens is 1. The average molecular weight is 203 g/mol. The Hall–Kier alpha value is -1.84. The molecule has 0 saturated heterocycles.